The molecule has 0 aromatic rings. The first-order valence-electron chi connectivity index (χ1n) is 8.18. The van der Waals surface area contributed by atoms with Crippen molar-refractivity contribution in [3.8, 4) is 0 Å². The maximum Gasteiger partial charge on any atom is 0.237 e. The van der Waals surface area contributed by atoms with E-state index in [-0.39, 0.29) is 23.8 Å². The summed E-state index contributed by atoms with van der Waals surface area (Å²) in [4.78, 5) is 26.0. The van der Waals surface area contributed by atoms with Crippen LogP contribution in [0.2, 0.25) is 0 Å². The topological polar surface area (TPSA) is 75.4 Å². The van der Waals surface area contributed by atoms with Gasteiger partial charge in [-0.15, -0.1) is 0 Å². The van der Waals surface area contributed by atoms with Gasteiger partial charge in [0.15, 0.2) is 0 Å². The Kier molecular flexibility index (Phi) is 7.15. The van der Waals surface area contributed by atoms with Gasteiger partial charge < -0.3 is 16.0 Å². The quantitative estimate of drug-likeness (QED) is 0.780. The summed E-state index contributed by atoms with van der Waals surface area (Å²) in [7, 11) is 0. The van der Waals surface area contributed by atoms with Crippen LogP contribution in [-0.2, 0) is 9.59 Å². The molecular weight excluding hydrogens is 266 g/mol. The zero-order valence-corrected chi connectivity index (χ0v) is 13.9. The van der Waals surface area contributed by atoms with Gasteiger partial charge in [0.1, 0.15) is 0 Å². The molecule has 0 aliphatic carbocycles. The Balaban J connectivity index is 2.36. The molecule has 0 radical (unpaired) electrons. The molecule has 0 saturated carbocycles. The molecule has 3 N–H and O–H groups in total. The second kappa shape index (κ2) is 8.37. The average Bonchev–Trinajstić information content (AvgIpc) is 2.45. The van der Waals surface area contributed by atoms with Crippen LogP contribution >= 0.6 is 0 Å². The normalized spacial score (nSPS) is 19.4. The second-order valence-corrected chi connectivity index (χ2v) is 6.67. The summed E-state index contributed by atoms with van der Waals surface area (Å²) in [6.45, 7) is 9.61. The van der Waals surface area contributed by atoms with E-state index < -0.39 is 6.04 Å². The molecule has 0 aromatic heterocycles. The smallest absolute Gasteiger partial charge is 0.237 e. The van der Waals surface area contributed by atoms with Crippen LogP contribution in [0, 0.1) is 11.8 Å². The Bertz CT molecular complexity index is 349. The van der Waals surface area contributed by atoms with Crippen molar-refractivity contribution in [3.05, 3.63) is 0 Å². The first-order valence-corrected chi connectivity index (χ1v) is 8.18. The van der Waals surface area contributed by atoms with Crippen LogP contribution in [-0.4, -0.2) is 41.9 Å². The molecule has 2 atom stereocenters. The molecule has 21 heavy (non-hydrogen) atoms. The van der Waals surface area contributed by atoms with E-state index in [2.05, 4.69) is 19.2 Å². The zero-order valence-electron chi connectivity index (χ0n) is 13.9. The lowest BCUT2D eigenvalue weighted by Gasteiger charge is -2.33. The SMILES string of the molecule is CCC(C)C(N)C(=O)NC1CCN(C(=O)CC(C)C)CC1. The fourth-order valence-electron chi connectivity index (χ4n) is 2.56. The van der Waals surface area contributed by atoms with E-state index in [1.807, 2.05) is 18.7 Å². The van der Waals surface area contributed by atoms with Crippen LogP contribution in [0.15, 0.2) is 0 Å². The molecule has 0 spiro atoms. The summed E-state index contributed by atoms with van der Waals surface area (Å²) < 4.78 is 0. The summed E-state index contributed by atoms with van der Waals surface area (Å²) in [6.07, 6.45) is 3.15. The van der Waals surface area contributed by atoms with Gasteiger partial charge in [0.2, 0.25) is 11.8 Å². The summed E-state index contributed by atoms with van der Waals surface area (Å²) in [5, 5.41) is 3.03. The minimum atomic E-state index is -0.435. The fourth-order valence-corrected chi connectivity index (χ4v) is 2.56. The van der Waals surface area contributed by atoms with E-state index in [1.165, 1.54) is 0 Å². The first kappa shape index (κ1) is 18.0. The maximum absolute atomic E-state index is 12.1. The van der Waals surface area contributed by atoms with Crippen LogP contribution < -0.4 is 11.1 Å². The van der Waals surface area contributed by atoms with Crippen molar-refractivity contribution in [2.24, 2.45) is 17.6 Å². The van der Waals surface area contributed by atoms with Crippen molar-refractivity contribution >= 4 is 11.8 Å². The largest absolute Gasteiger partial charge is 0.352 e. The molecule has 1 rings (SSSR count). The molecule has 1 aliphatic heterocycles. The lowest BCUT2D eigenvalue weighted by molar-refractivity contribution is -0.133. The highest BCUT2D eigenvalue weighted by Gasteiger charge is 2.26. The van der Waals surface area contributed by atoms with Crippen molar-refractivity contribution in [1.29, 1.82) is 0 Å². The van der Waals surface area contributed by atoms with E-state index in [0.717, 1.165) is 32.4 Å². The Morgan fingerprint density at radius 1 is 1.24 bits per heavy atom. The van der Waals surface area contributed by atoms with Gasteiger partial charge in [0, 0.05) is 25.6 Å². The number of likely N-dealkylation sites (tertiary alicyclic amines) is 1. The minimum Gasteiger partial charge on any atom is -0.352 e. The van der Waals surface area contributed by atoms with E-state index in [4.69, 9.17) is 5.73 Å². The Hall–Kier alpha value is -1.10. The predicted molar refractivity (Wildman–Crippen MR) is 84.6 cm³/mol. The lowest BCUT2D eigenvalue weighted by atomic mass is 9.98. The fraction of sp³-hybridized carbons (Fsp3) is 0.875. The number of carbonyl (C=O) groups excluding carboxylic acids is 2. The molecule has 1 aliphatic rings. The molecule has 0 bridgehead atoms. The predicted octanol–water partition coefficient (Wildman–Crippen LogP) is 1.51. The highest BCUT2D eigenvalue weighted by atomic mass is 16.2. The van der Waals surface area contributed by atoms with E-state index in [1.54, 1.807) is 0 Å². The molecule has 2 amide bonds. The molecule has 1 fully saturated rings. The van der Waals surface area contributed by atoms with Gasteiger partial charge in [0.05, 0.1) is 6.04 Å². The van der Waals surface area contributed by atoms with Crippen molar-refractivity contribution in [2.75, 3.05) is 13.1 Å². The summed E-state index contributed by atoms with van der Waals surface area (Å²) in [6, 6.07) is -0.286. The number of rotatable bonds is 6. The Labute approximate surface area is 128 Å². The number of hydrogen-bond acceptors (Lipinski definition) is 3. The highest BCUT2D eigenvalue weighted by Crippen LogP contribution is 2.14. The van der Waals surface area contributed by atoms with Crippen molar-refractivity contribution in [2.45, 2.75) is 65.5 Å². The standard InChI is InChI=1S/C16H31N3O2/c1-5-12(4)15(17)16(21)18-13-6-8-19(9-7-13)14(20)10-11(2)3/h11-13,15H,5-10,17H2,1-4H3,(H,18,21). The monoisotopic (exact) mass is 297 g/mol. The zero-order chi connectivity index (χ0) is 16.0. The van der Waals surface area contributed by atoms with Crippen LogP contribution in [0.25, 0.3) is 0 Å². The molecular formula is C16H31N3O2. The summed E-state index contributed by atoms with van der Waals surface area (Å²) >= 11 is 0. The van der Waals surface area contributed by atoms with Crippen LogP contribution in [0.5, 0.6) is 0 Å². The molecule has 5 heteroatoms. The second-order valence-electron chi connectivity index (χ2n) is 6.67. The number of hydrogen-bond donors (Lipinski definition) is 2. The number of nitrogens with one attached hydrogen (secondary N) is 1. The number of amides is 2. The Morgan fingerprint density at radius 2 is 1.81 bits per heavy atom. The Morgan fingerprint density at radius 3 is 2.29 bits per heavy atom. The van der Waals surface area contributed by atoms with Crippen LogP contribution in [0.1, 0.15) is 53.4 Å². The first-order chi connectivity index (χ1) is 9.85. The van der Waals surface area contributed by atoms with Crippen LogP contribution in [0.4, 0.5) is 0 Å². The van der Waals surface area contributed by atoms with Gasteiger partial charge in [-0.25, -0.2) is 0 Å². The minimum absolute atomic E-state index is 0.0590. The summed E-state index contributed by atoms with van der Waals surface area (Å²) in [5.74, 6) is 0.753. The molecule has 1 saturated heterocycles. The molecule has 2 unspecified atom stereocenters. The number of nitrogens with zero attached hydrogens (tertiary/aromatic N) is 1. The number of piperidine rings is 1. The van der Waals surface area contributed by atoms with Gasteiger partial charge in [0.25, 0.3) is 0 Å². The van der Waals surface area contributed by atoms with Gasteiger partial charge in [-0.3, -0.25) is 9.59 Å². The van der Waals surface area contributed by atoms with Gasteiger partial charge in [-0.05, 0) is 24.7 Å². The van der Waals surface area contributed by atoms with Crippen molar-refractivity contribution in [1.82, 2.24) is 10.2 Å². The number of nitrogens with two attached hydrogens (primary N) is 1. The molecule has 122 valence electrons. The molecule has 0 aromatic carbocycles. The lowest BCUT2D eigenvalue weighted by Crippen LogP contribution is -2.52. The third-order valence-electron chi connectivity index (χ3n) is 4.34. The van der Waals surface area contributed by atoms with E-state index in [0.29, 0.717) is 12.3 Å². The van der Waals surface area contributed by atoms with Crippen LogP contribution in [0.3, 0.4) is 0 Å². The van der Waals surface area contributed by atoms with Gasteiger partial charge in [-0.2, -0.15) is 0 Å². The molecule has 5 nitrogen and oxygen atoms in total. The third-order valence-corrected chi connectivity index (χ3v) is 4.34. The maximum atomic E-state index is 12.1. The van der Waals surface area contributed by atoms with Gasteiger partial charge in [-0.1, -0.05) is 34.1 Å². The van der Waals surface area contributed by atoms with E-state index >= 15 is 0 Å². The van der Waals surface area contributed by atoms with E-state index in [9.17, 15) is 9.59 Å². The van der Waals surface area contributed by atoms with Crippen molar-refractivity contribution in [3.63, 3.8) is 0 Å². The highest BCUT2D eigenvalue weighted by molar-refractivity contribution is 5.82. The van der Waals surface area contributed by atoms with Crippen molar-refractivity contribution < 1.29 is 9.59 Å². The third kappa shape index (κ3) is 5.65. The summed E-state index contributed by atoms with van der Waals surface area (Å²) in [5.41, 5.74) is 5.94. The van der Waals surface area contributed by atoms with Gasteiger partial charge >= 0.3 is 0 Å². The molecule has 1 heterocycles. The average molecular weight is 297 g/mol. The number of carbonyl (C=O) groups is 2.